The van der Waals surface area contributed by atoms with Crippen LogP contribution >= 0.6 is 11.6 Å². The third-order valence-corrected chi connectivity index (χ3v) is 4.83. The van der Waals surface area contributed by atoms with Gasteiger partial charge in [-0.2, -0.15) is 0 Å². The van der Waals surface area contributed by atoms with Gasteiger partial charge in [0, 0.05) is 34.5 Å². The minimum atomic E-state index is -0.755. The number of phenols is 2. The molecule has 2 aromatic carbocycles. The summed E-state index contributed by atoms with van der Waals surface area (Å²) < 4.78 is 4.76. The van der Waals surface area contributed by atoms with Crippen molar-refractivity contribution in [1.82, 2.24) is 4.98 Å². The lowest BCUT2D eigenvalue weighted by Gasteiger charge is -2.20. The lowest BCUT2D eigenvalue weighted by molar-refractivity contribution is -0.140. The first-order chi connectivity index (χ1) is 13.9. The first kappa shape index (κ1) is 20.4. The molecule has 0 saturated heterocycles. The van der Waals surface area contributed by atoms with Crippen molar-refractivity contribution >= 4 is 23.4 Å². The Kier molecular flexibility index (Phi) is 6.14. The van der Waals surface area contributed by atoms with E-state index in [0.29, 0.717) is 16.1 Å². The zero-order chi connectivity index (χ0) is 21.0. The van der Waals surface area contributed by atoms with Crippen LogP contribution in [0.1, 0.15) is 39.4 Å². The number of ether oxygens (including phenoxy) is 1. The van der Waals surface area contributed by atoms with Crippen molar-refractivity contribution in [3.05, 3.63) is 88.2 Å². The Labute approximate surface area is 172 Å². The average molecular weight is 412 g/mol. The van der Waals surface area contributed by atoms with Crippen molar-refractivity contribution in [2.24, 2.45) is 0 Å². The highest BCUT2D eigenvalue weighted by atomic mass is 35.5. The van der Waals surface area contributed by atoms with Gasteiger partial charge in [0.05, 0.1) is 19.1 Å². The van der Waals surface area contributed by atoms with E-state index in [4.69, 9.17) is 16.3 Å². The van der Waals surface area contributed by atoms with Crippen LogP contribution in [0.2, 0.25) is 5.02 Å². The first-order valence-electron chi connectivity index (χ1n) is 8.74. The first-order valence-corrected chi connectivity index (χ1v) is 9.12. The van der Waals surface area contributed by atoms with Crippen LogP contribution in [0, 0.1) is 0 Å². The summed E-state index contributed by atoms with van der Waals surface area (Å²) >= 11 is 5.87. The summed E-state index contributed by atoms with van der Waals surface area (Å²) in [7, 11) is 1.25. The maximum atomic E-state index is 12.9. The fraction of sp³-hybridized carbons (Fsp3) is 0.136. The van der Waals surface area contributed by atoms with Gasteiger partial charge in [0.15, 0.2) is 5.78 Å². The molecule has 1 atom stereocenters. The monoisotopic (exact) mass is 411 g/mol. The number of pyridine rings is 1. The Morgan fingerprint density at radius 3 is 2.45 bits per heavy atom. The molecule has 6 nitrogen and oxygen atoms in total. The molecule has 0 spiro atoms. The summed E-state index contributed by atoms with van der Waals surface area (Å²) in [5.74, 6) is -2.37. The highest BCUT2D eigenvalue weighted by Gasteiger charge is 2.28. The van der Waals surface area contributed by atoms with Crippen LogP contribution in [-0.2, 0) is 9.53 Å². The molecule has 1 aromatic heterocycles. The predicted octanol–water partition coefficient (Wildman–Crippen LogP) is 4.07. The minimum absolute atomic E-state index is 0.00104. The molecule has 0 unspecified atom stereocenters. The van der Waals surface area contributed by atoms with Gasteiger partial charge in [-0.15, -0.1) is 0 Å². The van der Waals surface area contributed by atoms with Crippen LogP contribution in [0.4, 0.5) is 0 Å². The van der Waals surface area contributed by atoms with Crippen molar-refractivity contribution < 1.29 is 24.5 Å². The van der Waals surface area contributed by atoms with Gasteiger partial charge < -0.3 is 14.9 Å². The van der Waals surface area contributed by atoms with E-state index in [1.54, 1.807) is 42.6 Å². The number of halogens is 1. The lowest BCUT2D eigenvalue weighted by Crippen LogP contribution is -2.12. The van der Waals surface area contributed by atoms with Crippen molar-refractivity contribution in [2.75, 3.05) is 7.11 Å². The smallest absolute Gasteiger partial charge is 0.306 e. The molecule has 0 bridgehead atoms. The second-order valence-electron chi connectivity index (χ2n) is 6.35. The molecule has 0 aliphatic rings. The third-order valence-electron chi connectivity index (χ3n) is 4.58. The molecule has 7 heteroatoms. The maximum absolute atomic E-state index is 12.9. The summed E-state index contributed by atoms with van der Waals surface area (Å²) in [6, 6.07) is 12.3. The summed E-state index contributed by atoms with van der Waals surface area (Å²) in [5.41, 5.74) is 0.967. The van der Waals surface area contributed by atoms with E-state index in [0.717, 1.165) is 0 Å². The molecule has 0 radical (unpaired) electrons. The fourth-order valence-corrected chi connectivity index (χ4v) is 3.23. The zero-order valence-electron chi connectivity index (χ0n) is 15.5. The highest BCUT2D eigenvalue weighted by molar-refractivity contribution is 6.30. The summed E-state index contributed by atoms with van der Waals surface area (Å²) in [4.78, 5) is 28.9. The van der Waals surface area contributed by atoms with E-state index >= 15 is 0 Å². The molecule has 0 fully saturated rings. The lowest BCUT2D eigenvalue weighted by atomic mass is 9.86. The van der Waals surface area contributed by atoms with E-state index < -0.39 is 23.4 Å². The Hall–Kier alpha value is -3.38. The van der Waals surface area contributed by atoms with Crippen LogP contribution in [0.25, 0.3) is 0 Å². The van der Waals surface area contributed by atoms with Crippen LogP contribution in [0.3, 0.4) is 0 Å². The van der Waals surface area contributed by atoms with Gasteiger partial charge in [0.2, 0.25) is 0 Å². The van der Waals surface area contributed by atoms with E-state index in [2.05, 4.69) is 4.98 Å². The molecular formula is C22H18ClNO5. The van der Waals surface area contributed by atoms with Gasteiger partial charge in [-0.25, -0.2) is 0 Å². The Balaban J connectivity index is 2.11. The zero-order valence-corrected chi connectivity index (χ0v) is 16.3. The van der Waals surface area contributed by atoms with Crippen LogP contribution < -0.4 is 0 Å². The van der Waals surface area contributed by atoms with Gasteiger partial charge in [-0.1, -0.05) is 17.7 Å². The molecule has 0 aliphatic heterocycles. The van der Waals surface area contributed by atoms with Crippen molar-refractivity contribution in [2.45, 2.75) is 12.3 Å². The van der Waals surface area contributed by atoms with E-state index in [1.165, 1.54) is 25.4 Å². The van der Waals surface area contributed by atoms with Crippen molar-refractivity contribution in [1.29, 1.82) is 0 Å². The number of hydrogen-bond acceptors (Lipinski definition) is 6. The molecule has 0 aliphatic carbocycles. The Bertz CT molecular complexity index is 1040. The van der Waals surface area contributed by atoms with Gasteiger partial charge in [0.25, 0.3) is 0 Å². The van der Waals surface area contributed by atoms with Crippen LogP contribution in [0.15, 0.2) is 60.9 Å². The van der Waals surface area contributed by atoms with Gasteiger partial charge in [-0.3, -0.25) is 14.6 Å². The molecule has 1 heterocycles. The van der Waals surface area contributed by atoms with Crippen molar-refractivity contribution in [3.63, 3.8) is 0 Å². The van der Waals surface area contributed by atoms with Gasteiger partial charge in [0.1, 0.15) is 11.5 Å². The fourth-order valence-electron chi connectivity index (χ4n) is 3.10. The summed E-state index contributed by atoms with van der Waals surface area (Å²) in [6.45, 7) is 0. The molecule has 148 valence electrons. The number of carbonyl (C=O) groups is 2. The predicted molar refractivity (Wildman–Crippen MR) is 107 cm³/mol. The number of esters is 1. The topological polar surface area (TPSA) is 96.7 Å². The average Bonchev–Trinajstić information content (AvgIpc) is 2.73. The Morgan fingerprint density at radius 2 is 1.83 bits per heavy atom. The number of ketones is 1. The SMILES string of the molecule is COC(=O)C[C@@H](c1cccnc1)c1c(O)ccc(C(=O)c2ccc(Cl)cc2)c1O. The summed E-state index contributed by atoms with van der Waals surface area (Å²) in [5, 5.41) is 21.8. The Morgan fingerprint density at radius 1 is 1.10 bits per heavy atom. The number of methoxy groups -OCH3 is 1. The number of hydrogen-bond donors (Lipinski definition) is 2. The molecule has 29 heavy (non-hydrogen) atoms. The number of rotatable bonds is 6. The van der Waals surface area contributed by atoms with Crippen molar-refractivity contribution in [3.8, 4) is 11.5 Å². The molecule has 2 N–H and O–H groups in total. The van der Waals surface area contributed by atoms with Gasteiger partial charge >= 0.3 is 5.97 Å². The largest absolute Gasteiger partial charge is 0.508 e. The second-order valence-corrected chi connectivity index (χ2v) is 6.79. The van der Waals surface area contributed by atoms with Crippen LogP contribution in [-0.4, -0.2) is 34.1 Å². The standard InChI is InChI=1S/C22H18ClNO5/c1-29-19(26)11-17(14-3-2-10-24-12-14)20-18(25)9-8-16(22(20)28)21(27)13-4-6-15(23)7-5-13/h2-10,12,17,25,28H,11H2,1H3/t17-/m0/s1. The number of phenolic OH excluding ortho intramolecular Hbond substituents is 2. The molecule has 3 rings (SSSR count). The normalized spacial score (nSPS) is 11.7. The van der Waals surface area contributed by atoms with E-state index in [1.807, 2.05) is 0 Å². The van der Waals surface area contributed by atoms with E-state index in [-0.39, 0.29) is 23.3 Å². The van der Waals surface area contributed by atoms with E-state index in [9.17, 15) is 19.8 Å². The number of aromatic hydroxyl groups is 2. The molecule has 0 saturated carbocycles. The minimum Gasteiger partial charge on any atom is -0.508 e. The number of nitrogens with zero attached hydrogens (tertiary/aromatic N) is 1. The number of benzene rings is 2. The van der Waals surface area contributed by atoms with Crippen LogP contribution in [0.5, 0.6) is 11.5 Å². The molecule has 0 amide bonds. The second kappa shape index (κ2) is 8.75. The quantitative estimate of drug-likeness (QED) is 0.468. The molecular weight excluding hydrogens is 394 g/mol. The highest BCUT2D eigenvalue weighted by Crippen LogP contribution is 2.42. The number of aromatic nitrogens is 1. The maximum Gasteiger partial charge on any atom is 0.306 e. The number of carbonyl (C=O) groups excluding carboxylic acids is 2. The van der Waals surface area contributed by atoms with Gasteiger partial charge in [-0.05, 0) is 48.0 Å². The molecule has 3 aromatic rings. The third kappa shape index (κ3) is 4.38. The summed E-state index contributed by atoms with van der Waals surface area (Å²) in [6.07, 6.45) is 2.95.